The van der Waals surface area contributed by atoms with Crippen molar-refractivity contribution in [2.75, 3.05) is 6.26 Å². The van der Waals surface area contributed by atoms with Gasteiger partial charge in [-0.1, -0.05) is 30.3 Å². The van der Waals surface area contributed by atoms with Crippen LogP contribution in [0, 0.1) is 5.82 Å². The summed E-state index contributed by atoms with van der Waals surface area (Å²) < 4.78 is 40.1. The van der Waals surface area contributed by atoms with Gasteiger partial charge in [-0.25, -0.2) is 22.8 Å². The highest BCUT2D eigenvalue weighted by Crippen LogP contribution is 2.42. The summed E-state index contributed by atoms with van der Waals surface area (Å²) in [5.74, 6) is 0.0277. The summed E-state index contributed by atoms with van der Waals surface area (Å²) >= 11 is 0. The summed E-state index contributed by atoms with van der Waals surface area (Å²) in [5.41, 5.74) is 2.98. The van der Waals surface area contributed by atoms with Gasteiger partial charge < -0.3 is 9.67 Å². The number of fused-ring (bicyclic) bond motifs is 3. The number of aromatic nitrogens is 3. The third-order valence-corrected chi connectivity index (χ3v) is 6.47. The fourth-order valence-corrected chi connectivity index (χ4v) is 4.62. The third kappa shape index (κ3) is 3.00. The van der Waals surface area contributed by atoms with Gasteiger partial charge in [0.05, 0.1) is 17.1 Å². The molecule has 2 atom stereocenters. The van der Waals surface area contributed by atoms with Gasteiger partial charge in [0.1, 0.15) is 17.7 Å². The summed E-state index contributed by atoms with van der Waals surface area (Å²) in [6.07, 6.45) is 2.20. The zero-order chi connectivity index (χ0) is 21.0. The normalized spacial score (nSPS) is 18.6. The maximum Gasteiger partial charge on any atom is 0.192 e. The molecule has 2 aromatic carbocycles. The van der Waals surface area contributed by atoms with E-state index in [9.17, 15) is 17.9 Å². The van der Waals surface area contributed by atoms with Gasteiger partial charge in [0.15, 0.2) is 14.9 Å². The van der Waals surface area contributed by atoms with Crippen LogP contribution in [0.25, 0.3) is 22.2 Å². The zero-order valence-corrected chi connectivity index (χ0v) is 16.8. The average Bonchev–Trinajstić information content (AvgIpc) is 3.24. The second-order valence-corrected chi connectivity index (χ2v) is 9.46. The minimum absolute atomic E-state index is 0.0646. The molecule has 0 bridgehead atoms. The van der Waals surface area contributed by atoms with Crippen molar-refractivity contribution < 1.29 is 17.9 Å². The molecule has 2 aromatic heterocycles. The zero-order valence-electron chi connectivity index (χ0n) is 16.0. The highest BCUT2D eigenvalue weighted by molar-refractivity contribution is 7.90. The topological polar surface area (TPSA) is 85.1 Å². The summed E-state index contributed by atoms with van der Waals surface area (Å²) in [7, 11) is -3.44. The van der Waals surface area contributed by atoms with E-state index in [-0.39, 0.29) is 11.1 Å². The van der Waals surface area contributed by atoms with Crippen LogP contribution in [0.2, 0.25) is 0 Å². The number of benzene rings is 2. The van der Waals surface area contributed by atoms with Gasteiger partial charge in [0.25, 0.3) is 0 Å². The first kappa shape index (κ1) is 18.9. The van der Waals surface area contributed by atoms with Crippen molar-refractivity contribution in [2.24, 2.45) is 0 Å². The Morgan fingerprint density at radius 1 is 1.13 bits per heavy atom. The molecular weight excluding hydrogens is 405 g/mol. The number of aliphatic hydroxyl groups is 1. The van der Waals surface area contributed by atoms with E-state index in [2.05, 4.69) is 9.97 Å². The number of pyridine rings is 1. The van der Waals surface area contributed by atoms with Crippen LogP contribution in [0.3, 0.4) is 0 Å². The summed E-state index contributed by atoms with van der Waals surface area (Å²) in [6.45, 7) is 0. The first-order valence-corrected chi connectivity index (χ1v) is 11.3. The molecule has 0 fully saturated rings. The SMILES string of the molecule is CS(=O)(=O)c1ccc(-c2cc3c(cc2F)nc2n3[C@@H](c3ccccc3)CC2O)cn1. The van der Waals surface area contributed by atoms with Crippen molar-refractivity contribution >= 4 is 20.9 Å². The van der Waals surface area contributed by atoms with E-state index in [1.807, 2.05) is 34.9 Å². The van der Waals surface area contributed by atoms with Gasteiger partial charge in [0.2, 0.25) is 0 Å². The largest absolute Gasteiger partial charge is 0.385 e. The van der Waals surface area contributed by atoms with Crippen LogP contribution < -0.4 is 0 Å². The van der Waals surface area contributed by atoms with Crippen LogP contribution >= 0.6 is 0 Å². The minimum Gasteiger partial charge on any atom is -0.385 e. The lowest BCUT2D eigenvalue weighted by Gasteiger charge is -2.15. The van der Waals surface area contributed by atoms with Gasteiger partial charge in [-0.3, -0.25) is 0 Å². The molecule has 0 amide bonds. The number of hydrogen-bond donors (Lipinski definition) is 1. The summed E-state index contributed by atoms with van der Waals surface area (Å²) in [5, 5.41) is 10.5. The van der Waals surface area contributed by atoms with E-state index in [1.165, 1.54) is 18.3 Å². The molecule has 1 aliphatic rings. The second-order valence-electron chi connectivity index (χ2n) is 7.50. The molecule has 0 saturated heterocycles. The molecule has 0 saturated carbocycles. The minimum atomic E-state index is -3.44. The maximum atomic E-state index is 14.9. The van der Waals surface area contributed by atoms with E-state index in [0.29, 0.717) is 34.4 Å². The Morgan fingerprint density at radius 3 is 2.57 bits per heavy atom. The van der Waals surface area contributed by atoms with Gasteiger partial charge in [-0.15, -0.1) is 0 Å². The van der Waals surface area contributed by atoms with E-state index in [4.69, 9.17) is 0 Å². The monoisotopic (exact) mass is 423 g/mol. The van der Waals surface area contributed by atoms with Gasteiger partial charge in [-0.2, -0.15) is 0 Å². The number of aliphatic hydroxyl groups excluding tert-OH is 1. The van der Waals surface area contributed by atoms with Crippen molar-refractivity contribution in [3.05, 3.63) is 78.0 Å². The third-order valence-electron chi connectivity index (χ3n) is 5.47. The predicted octanol–water partition coefficient (Wildman–Crippen LogP) is 3.67. The summed E-state index contributed by atoms with van der Waals surface area (Å²) in [6, 6.07) is 15.6. The number of rotatable bonds is 3. The van der Waals surface area contributed by atoms with E-state index in [1.54, 1.807) is 12.1 Å². The molecule has 0 radical (unpaired) electrons. The van der Waals surface area contributed by atoms with Crippen molar-refractivity contribution in [1.82, 2.24) is 14.5 Å². The highest BCUT2D eigenvalue weighted by atomic mass is 32.2. The molecule has 1 aliphatic heterocycles. The Morgan fingerprint density at radius 2 is 1.90 bits per heavy atom. The van der Waals surface area contributed by atoms with Crippen molar-refractivity contribution in [3.63, 3.8) is 0 Å². The quantitative estimate of drug-likeness (QED) is 0.544. The Hall–Kier alpha value is -3.10. The molecule has 5 rings (SSSR count). The van der Waals surface area contributed by atoms with Crippen molar-refractivity contribution in [1.29, 1.82) is 0 Å². The number of imidazole rings is 1. The fraction of sp³-hybridized carbons (Fsp3) is 0.182. The van der Waals surface area contributed by atoms with Crippen LogP contribution in [-0.4, -0.2) is 34.3 Å². The molecule has 152 valence electrons. The lowest BCUT2D eigenvalue weighted by atomic mass is 10.0. The average molecular weight is 423 g/mol. The maximum absolute atomic E-state index is 14.9. The van der Waals surface area contributed by atoms with Crippen molar-refractivity contribution in [3.8, 4) is 11.1 Å². The Labute approximate surface area is 172 Å². The molecule has 3 heterocycles. The molecule has 1 unspecified atom stereocenters. The molecule has 6 nitrogen and oxygen atoms in total. The van der Waals surface area contributed by atoms with Crippen molar-refractivity contribution in [2.45, 2.75) is 23.6 Å². The number of sulfone groups is 1. The van der Waals surface area contributed by atoms with Crippen LogP contribution in [0.5, 0.6) is 0 Å². The van der Waals surface area contributed by atoms with Gasteiger partial charge in [-0.05, 0) is 23.8 Å². The number of nitrogens with zero attached hydrogens (tertiary/aromatic N) is 3. The second kappa shape index (κ2) is 6.72. The smallest absolute Gasteiger partial charge is 0.192 e. The predicted molar refractivity (Wildman–Crippen MR) is 110 cm³/mol. The number of hydrogen-bond acceptors (Lipinski definition) is 5. The molecule has 1 N–H and O–H groups in total. The molecule has 4 aromatic rings. The lowest BCUT2D eigenvalue weighted by Crippen LogP contribution is -2.05. The van der Waals surface area contributed by atoms with Crippen LogP contribution in [0.1, 0.15) is 30.0 Å². The molecule has 30 heavy (non-hydrogen) atoms. The first-order chi connectivity index (χ1) is 14.3. The molecule has 8 heteroatoms. The fourth-order valence-electron chi connectivity index (χ4n) is 4.06. The Bertz CT molecular complexity index is 1370. The van der Waals surface area contributed by atoms with Gasteiger partial charge >= 0.3 is 0 Å². The van der Waals surface area contributed by atoms with E-state index < -0.39 is 21.8 Å². The van der Waals surface area contributed by atoms with E-state index in [0.717, 1.165) is 11.8 Å². The Kier molecular flexibility index (Phi) is 4.23. The molecule has 0 aliphatic carbocycles. The molecule has 0 spiro atoms. The van der Waals surface area contributed by atoms with Crippen LogP contribution in [0.4, 0.5) is 4.39 Å². The van der Waals surface area contributed by atoms with Crippen LogP contribution in [0.15, 0.2) is 65.8 Å². The van der Waals surface area contributed by atoms with Crippen LogP contribution in [-0.2, 0) is 9.84 Å². The number of halogens is 1. The highest BCUT2D eigenvalue weighted by Gasteiger charge is 2.34. The standard InChI is InChI=1S/C22H18FN3O3S/c1-30(28,29)21-8-7-14(12-24-21)15-9-19-17(10-16(15)23)25-22-20(27)11-18(26(19)22)13-5-3-2-4-6-13/h2-10,12,18,20,27H,11H2,1H3/t18-,20?/m1/s1. The van der Waals surface area contributed by atoms with E-state index >= 15 is 0 Å². The first-order valence-electron chi connectivity index (χ1n) is 9.44. The lowest BCUT2D eigenvalue weighted by molar-refractivity contribution is 0.172. The summed E-state index contributed by atoms with van der Waals surface area (Å²) in [4.78, 5) is 8.44. The Balaban J connectivity index is 1.67. The van der Waals surface area contributed by atoms with Gasteiger partial charge in [0, 0.05) is 36.1 Å². The molecular formula is C22H18FN3O3S.